The van der Waals surface area contributed by atoms with Crippen LogP contribution in [-0.4, -0.2) is 29.5 Å². The van der Waals surface area contributed by atoms with E-state index in [9.17, 15) is 4.79 Å². The summed E-state index contributed by atoms with van der Waals surface area (Å²) >= 11 is 0. The van der Waals surface area contributed by atoms with E-state index in [0.29, 0.717) is 6.42 Å². The number of hydrogen-bond acceptors (Lipinski definition) is 5. The lowest BCUT2D eigenvalue weighted by molar-refractivity contribution is -0.151. The summed E-state index contributed by atoms with van der Waals surface area (Å²) in [6, 6.07) is 0. The van der Waals surface area contributed by atoms with E-state index in [1.54, 1.807) is 0 Å². The largest absolute Gasteiger partial charge is 0.356 e. The van der Waals surface area contributed by atoms with E-state index in [-0.39, 0.29) is 11.5 Å². The van der Waals surface area contributed by atoms with Crippen molar-refractivity contribution in [1.82, 2.24) is 10.5 Å². The van der Waals surface area contributed by atoms with Gasteiger partial charge in [0.15, 0.2) is 0 Å². The molecule has 5 heteroatoms. The molecule has 1 aliphatic heterocycles. The molecule has 5 nitrogen and oxygen atoms in total. The van der Waals surface area contributed by atoms with Gasteiger partial charge < -0.3 is 4.84 Å². The minimum absolute atomic E-state index is 0.219. The van der Waals surface area contributed by atoms with Gasteiger partial charge in [-0.25, -0.2) is 5.84 Å². The van der Waals surface area contributed by atoms with Crippen molar-refractivity contribution in [2.45, 2.75) is 38.6 Å². The molecule has 1 heterocycles. The summed E-state index contributed by atoms with van der Waals surface area (Å²) in [7, 11) is 0. The van der Waals surface area contributed by atoms with Crippen molar-refractivity contribution in [3.8, 4) is 0 Å². The maximum atomic E-state index is 11.0. The van der Waals surface area contributed by atoms with Crippen molar-refractivity contribution in [2.75, 3.05) is 13.1 Å². The van der Waals surface area contributed by atoms with Crippen LogP contribution in [0.15, 0.2) is 0 Å². The van der Waals surface area contributed by atoms with Crippen molar-refractivity contribution in [2.24, 2.45) is 5.84 Å². The average molecular weight is 201 g/mol. The van der Waals surface area contributed by atoms with Crippen LogP contribution in [0.2, 0.25) is 0 Å². The Hall–Kier alpha value is -0.650. The fraction of sp³-hybridized carbons (Fsp3) is 0.889. The van der Waals surface area contributed by atoms with Gasteiger partial charge in [-0.15, -0.1) is 0 Å². The average Bonchev–Trinajstić information content (AvgIpc) is 2.42. The lowest BCUT2D eigenvalue weighted by Crippen LogP contribution is -2.40. The molecule has 1 fully saturated rings. The SMILES string of the molecule is CC1(C)CCCN1CCC(=O)ONN. The number of hydrogen-bond donors (Lipinski definition) is 2. The van der Waals surface area contributed by atoms with Crippen molar-refractivity contribution < 1.29 is 9.63 Å². The van der Waals surface area contributed by atoms with Crippen LogP contribution in [0.5, 0.6) is 0 Å². The molecule has 1 aliphatic rings. The van der Waals surface area contributed by atoms with E-state index in [1.807, 2.05) is 5.59 Å². The fourth-order valence-electron chi connectivity index (χ4n) is 1.92. The van der Waals surface area contributed by atoms with Gasteiger partial charge >= 0.3 is 5.97 Å². The van der Waals surface area contributed by atoms with Gasteiger partial charge in [0.2, 0.25) is 0 Å². The number of hydrazine groups is 1. The van der Waals surface area contributed by atoms with Gasteiger partial charge in [0.1, 0.15) is 0 Å². The van der Waals surface area contributed by atoms with Crippen LogP contribution in [0.4, 0.5) is 0 Å². The number of nitrogens with one attached hydrogen (secondary N) is 1. The molecule has 1 saturated heterocycles. The highest BCUT2D eigenvalue weighted by Gasteiger charge is 2.31. The summed E-state index contributed by atoms with van der Waals surface area (Å²) in [6.45, 7) is 6.21. The van der Waals surface area contributed by atoms with Gasteiger partial charge in [-0.1, -0.05) is 5.59 Å². The molecular formula is C9H19N3O2. The fourth-order valence-corrected chi connectivity index (χ4v) is 1.92. The van der Waals surface area contributed by atoms with E-state index in [4.69, 9.17) is 5.84 Å². The van der Waals surface area contributed by atoms with E-state index >= 15 is 0 Å². The van der Waals surface area contributed by atoms with Crippen molar-refractivity contribution in [1.29, 1.82) is 0 Å². The summed E-state index contributed by atoms with van der Waals surface area (Å²) in [5.74, 6) is 4.55. The maximum Gasteiger partial charge on any atom is 0.327 e. The first kappa shape index (κ1) is 11.4. The molecule has 0 aromatic rings. The highest BCUT2D eigenvalue weighted by molar-refractivity contribution is 5.69. The lowest BCUT2D eigenvalue weighted by atomic mass is 10.0. The first-order valence-corrected chi connectivity index (χ1v) is 4.96. The molecule has 0 bridgehead atoms. The molecular weight excluding hydrogens is 182 g/mol. The molecule has 14 heavy (non-hydrogen) atoms. The smallest absolute Gasteiger partial charge is 0.327 e. The molecule has 1 rings (SSSR count). The third-order valence-electron chi connectivity index (χ3n) is 2.83. The van der Waals surface area contributed by atoms with Gasteiger partial charge in [0.25, 0.3) is 0 Å². The molecule has 3 N–H and O–H groups in total. The molecule has 0 atom stereocenters. The first-order valence-electron chi connectivity index (χ1n) is 4.96. The number of nitrogens with two attached hydrogens (primary N) is 1. The van der Waals surface area contributed by atoms with E-state index in [2.05, 4.69) is 23.6 Å². The van der Waals surface area contributed by atoms with Crippen LogP contribution in [0.1, 0.15) is 33.1 Å². The summed E-state index contributed by atoms with van der Waals surface area (Å²) in [4.78, 5) is 17.8. The van der Waals surface area contributed by atoms with E-state index < -0.39 is 0 Å². The van der Waals surface area contributed by atoms with Crippen LogP contribution in [0, 0.1) is 0 Å². The maximum absolute atomic E-state index is 11.0. The Morgan fingerprint density at radius 1 is 1.64 bits per heavy atom. The minimum atomic E-state index is -0.310. The number of carbonyl (C=O) groups excluding carboxylic acids is 1. The van der Waals surface area contributed by atoms with Crippen LogP contribution < -0.4 is 11.4 Å². The highest BCUT2D eigenvalue weighted by Crippen LogP contribution is 2.27. The molecule has 0 unspecified atom stereocenters. The normalized spacial score (nSPS) is 21.1. The summed E-state index contributed by atoms with van der Waals surface area (Å²) in [5.41, 5.74) is 2.11. The number of nitrogens with zero attached hydrogens (tertiary/aromatic N) is 1. The predicted molar refractivity (Wildman–Crippen MR) is 52.9 cm³/mol. The first-order chi connectivity index (χ1) is 6.56. The number of carbonyl (C=O) groups is 1. The molecule has 0 radical (unpaired) electrons. The van der Waals surface area contributed by atoms with Crippen LogP contribution in [-0.2, 0) is 9.63 Å². The second kappa shape index (κ2) is 4.72. The standard InChI is InChI=1S/C9H19N3O2/c1-9(2)5-3-6-12(9)7-4-8(13)14-11-10/h11H,3-7,10H2,1-2H3. The molecule has 0 saturated carbocycles. The quantitative estimate of drug-likeness (QED) is 0.501. The molecule has 0 spiro atoms. The Bertz CT molecular complexity index is 206. The summed E-state index contributed by atoms with van der Waals surface area (Å²) in [6.07, 6.45) is 2.78. The van der Waals surface area contributed by atoms with E-state index in [0.717, 1.165) is 13.1 Å². The molecule has 0 amide bonds. The van der Waals surface area contributed by atoms with Crippen molar-refractivity contribution in [3.63, 3.8) is 0 Å². The predicted octanol–water partition coefficient (Wildman–Crippen LogP) is 0.172. The second-order valence-electron chi connectivity index (χ2n) is 4.24. The Morgan fingerprint density at radius 3 is 2.86 bits per heavy atom. The lowest BCUT2D eigenvalue weighted by Gasteiger charge is -2.31. The Morgan fingerprint density at radius 2 is 2.36 bits per heavy atom. The van der Waals surface area contributed by atoms with E-state index in [1.165, 1.54) is 12.8 Å². The van der Waals surface area contributed by atoms with Gasteiger partial charge in [-0.3, -0.25) is 9.69 Å². The summed E-state index contributed by atoms with van der Waals surface area (Å²) in [5, 5.41) is 0. The zero-order valence-electron chi connectivity index (χ0n) is 8.88. The van der Waals surface area contributed by atoms with Crippen molar-refractivity contribution in [3.05, 3.63) is 0 Å². The Labute approximate surface area is 84.5 Å². The van der Waals surface area contributed by atoms with Crippen molar-refractivity contribution >= 4 is 5.97 Å². The van der Waals surface area contributed by atoms with Crippen LogP contribution >= 0.6 is 0 Å². The topological polar surface area (TPSA) is 67.6 Å². The monoisotopic (exact) mass is 201 g/mol. The van der Waals surface area contributed by atoms with Crippen LogP contribution in [0.25, 0.3) is 0 Å². The van der Waals surface area contributed by atoms with Crippen LogP contribution in [0.3, 0.4) is 0 Å². The Balaban J connectivity index is 2.27. The Kier molecular flexibility index (Phi) is 3.86. The number of likely N-dealkylation sites (tertiary alicyclic amines) is 1. The zero-order chi connectivity index (χ0) is 10.6. The second-order valence-corrected chi connectivity index (χ2v) is 4.24. The summed E-state index contributed by atoms with van der Waals surface area (Å²) < 4.78 is 0. The minimum Gasteiger partial charge on any atom is -0.356 e. The van der Waals surface area contributed by atoms with Gasteiger partial charge in [0, 0.05) is 12.1 Å². The van der Waals surface area contributed by atoms with Gasteiger partial charge in [-0.2, -0.15) is 0 Å². The molecule has 0 aromatic heterocycles. The van der Waals surface area contributed by atoms with Gasteiger partial charge in [0.05, 0.1) is 6.42 Å². The third-order valence-corrected chi connectivity index (χ3v) is 2.83. The number of rotatable bonds is 4. The van der Waals surface area contributed by atoms with Gasteiger partial charge in [-0.05, 0) is 33.2 Å². The molecule has 0 aromatic carbocycles. The molecule has 0 aliphatic carbocycles. The highest BCUT2D eigenvalue weighted by atomic mass is 16.7. The zero-order valence-corrected chi connectivity index (χ0v) is 8.88. The third kappa shape index (κ3) is 2.94. The molecule has 82 valence electrons.